The molecule has 2 rings (SSSR count). The average molecular weight is 273 g/mol. The maximum Gasteiger partial charge on any atom is 0.193 e. The molecule has 2 aromatic rings. The molecule has 0 atom stereocenters. The van der Waals surface area contributed by atoms with Crippen molar-refractivity contribution in [3.8, 4) is 5.75 Å². The molecule has 0 saturated carbocycles. The standard InChI is InChI=1S/C16H16FNO2/c1-9-7-15(20-3)10(2)6-12(9)16(19)11-4-5-14(18)13(17)8-11/h4-8H,18H2,1-3H3. The summed E-state index contributed by atoms with van der Waals surface area (Å²) in [4.78, 5) is 12.4. The van der Waals surface area contributed by atoms with Gasteiger partial charge in [-0.2, -0.15) is 0 Å². The van der Waals surface area contributed by atoms with Crippen molar-refractivity contribution in [2.45, 2.75) is 13.8 Å². The summed E-state index contributed by atoms with van der Waals surface area (Å²) in [6.07, 6.45) is 0. The van der Waals surface area contributed by atoms with E-state index in [1.807, 2.05) is 13.8 Å². The molecule has 0 fully saturated rings. The van der Waals surface area contributed by atoms with Crippen LogP contribution in [-0.2, 0) is 0 Å². The fourth-order valence-corrected chi connectivity index (χ4v) is 2.08. The number of anilines is 1. The Morgan fingerprint density at radius 3 is 2.45 bits per heavy atom. The Morgan fingerprint density at radius 2 is 1.85 bits per heavy atom. The van der Waals surface area contributed by atoms with Gasteiger partial charge in [0.05, 0.1) is 12.8 Å². The van der Waals surface area contributed by atoms with Crippen LogP contribution in [0.25, 0.3) is 0 Å². The first kappa shape index (κ1) is 14.1. The molecule has 0 aliphatic heterocycles. The van der Waals surface area contributed by atoms with Crippen molar-refractivity contribution in [3.63, 3.8) is 0 Å². The zero-order chi connectivity index (χ0) is 14.9. The van der Waals surface area contributed by atoms with Crippen molar-refractivity contribution in [3.05, 3.63) is 58.4 Å². The highest BCUT2D eigenvalue weighted by molar-refractivity contribution is 6.10. The SMILES string of the molecule is COc1cc(C)c(C(=O)c2ccc(N)c(F)c2)cc1C. The van der Waals surface area contributed by atoms with Gasteiger partial charge in [-0.25, -0.2) is 4.39 Å². The molecule has 0 spiro atoms. The summed E-state index contributed by atoms with van der Waals surface area (Å²) < 4.78 is 18.7. The monoisotopic (exact) mass is 273 g/mol. The van der Waals surface area contributed by atoms with Crippen molar-refractivity contribution in [1.29, 1.82) is 0 Å². The molecular formula is C16H16FNO2. The Bertz CT molecular complexity index is 680. The first-order chi connectivity index (χ1) is 9.43. The lowest BCUT2D eigenvalue weighted by molar-refractivity contribution is 0.103. The largest absolute Gasteiger partial charge is 0.496 e. The van der Waals surface area contributed by atoms with E-state index < -0.39 is 5.82 Å². The summed E-state index contributed by atoms with van der Waals surface area (Å²) in [6.45, 7) is 3.68. The number of nitrogen functional groups attached to an aromatic ring is 1. The minimum Gasteiger partial charge on any atom is -0.496 e. The van der Waals surface area contributed by atoms with E-state index in [-0.39, 0.29) is 17.0 Å². The third-order valence-electron chi connectivity index (χ3n) is 3.25. The number of benzene rings is 2. The van der Waals surface area contributed by atoms with E-state index in [1.54, 1.807) is 19.2 Å². The van der Waals surface area contributed by atoms with Crippen LogP contribution in [0.2, 0.25) is 0 Å². The average Bonchev–Trinajstić information content (AvgIpc) is 2.43. The van der Waals surface area contributed by atoms with Gasteiger partial charge < -0.3 is 10.5 Å². The number of nitrogens with two attached hydrogens (primary N) is 1. The van der Waals surface area contributed by atoms with Gasteiger partial charge in [0.1, 0.15) is 11.6 Å². The van der Waals surface area contributed by atoms with Crippen LogP contribution in [0.5, 0.6) is 5.75 Å². The Labute approximate surface area is 117 Å². The Kier molecular flexibility index (Phi) is 3.74. The van der Waals surface area contributed by atoms with Gasteiger partial charge in [0, 0.05) is 11.1 Å². The van der Waals surface area contributed by atoms with Crippen LogP contribution >= 0.6 is 0 Å². The fraction of sp³-hybridized carbons (Fsp3) is 0.188. The smallest absolute Gasteiger partial charge is 0.193 e. The van der Waals surface area contributed by atoms with Crippen LogP contribution in [0, 0.1) is 19.7 Å². The molecule has 4 heteroatoms. The number of halogens is 1. The number of hydrogen-bond donors (Lipinski definition) is 1. The lowest BCUT2D eigenvalue weighted by atomic mass is 9.96. The summed E-state index contributed by atoms with van der Waals surface area (Å²) >= 11 is 0. The molecule has 0 saturated heterocycles. The first-order valence-corrected chi connectivity index (χ1v) is 6.19. The van der Waals surface area contributed by atoms with Gasteiger partial charge in [-0.1, -0.05) is 0 Å². The third-order valence-corrected chi connectivity index (χ3v) is 3.25. The normalized spacial score (nSPS) is 10.4. The topological polar surface area (TPSA) is 52.3 Å². The fourth-order valence-electron chi connectivity index (χ4n) is 2.08. The van der Waals surface area contributed by atoms with Gasteiger partial charge in [-0.3, -0.25) is 4.79 Å². The third kappa shape index (κ3) is 2.50. The summed E-state index contributed by atoms with van der Waals surface area (Å²) in [5.41, 5.74) is 7.91. The number of carbonyl (C=O) groups is 1. The van der Waals surface area contributed by atoms with Gasteiger partial charge in [0.2, 0.25) is 0 Å². The zero-order valence-electron chi connectivity index (χ0n) is 11.7. The van der Waals surface area contributed by atoms with Crippen LogP contribution < -0.4 is 10.5 Å². The Balaban J connectivity index is 2.48. The summed E-state index contributed by atoms with van der Waals surface area (Å²) in [7, 11) is 1.58. The minimum absolute atomic E-state index is 0.0317. The van der Waals surface area contributed by atoms with Crippen molar-refractivity contribution >= 4 is 11.5 Å². The lowest BCUT2D eigenvalue weighted by Crippen LogP contribution is -2.06. The van der Waals surface area contributed by atoms with E-state index in [0.717, 1.165) is 22.9 Å². The second kappa shape index (κ2) is 5.33. The predicted molar refractivity (Wildman–Crippen MR) is 76.7 cm³/mol. The molecule has 0 amide bonds. The maximum absolute atomic E-state index is 13.5. The van der Waals surface area contributed by atoms with Crippen molar-refractivity contribution in [2.75, 3.05) is 12.8 Å². The molecule has 0 aromatic heterocycles. The number of carbonyl (C=O) groups excluding carboxylic acids is 1. The second-order valence-corrected chi connectivity index (χ2v) is 4.70. The van der Waals surface area contributed by atoms with E-state index in [0.29, 0.717) is 5.56 Å². The van der Waals surface area contributed by atoms with Crippen LogP contribution in [-0.4, -0.2) is 12.9 Å². The summed E-state index contributed by atoms with van der Waals surface area (Å²) in [5, 5.41) is 0. The molecule has 0 bridgehead atoms. The van der Waals surface area contributed by atoms with Gasteiger partial charge >= 0.3 is 0 Å². The Hall–Kier alpha value is -2.36. The molecule has 0 aliphatic rings. The van der Waals surface area contributed by atoms with Crippen LogP contribution in [0.15, 0.2) is 30.3 Å². The molecule has 2 aromatic carbocycles. The molecule has 0 radical (unpaired) electrons. The number of hydrogen-bond acceptors (Lipinski definition) is 3. The number of methoxy groups -OCH3 is 1. The van der Waals surface area contributed by atoms with Gasteiger partial charge in [-0.05, 0) is 55.3 Å². The van der Waals surface area contributed by atoms with Gasteiger partial charge in [-0.15, -0.1) is 0 Å². The minimum atomic E-state index is -0.585. The maximum atomic E-state index is 13.5. The van der Waals surface area contributed by atoms with Gasteiger partial charge in [0.15, 0.2) is 5.78 Å². The first-order valence-electron chi connectivity index (χ1n) is 6.19. The van der Waals surface area contributed by atoms with Crippen LogP contribution in [0.3, 0.4) is 0 Å². The van der Waals surface area contributed by atoms with E-state index >= 15 is 0 Å². The highest BCUT2D eigenvalue weighted by Gasteiger charge is 2.15. The van der Waals surface area contributed by atoms with Crippen molar-refractivity contribution in [1.82, 2.24) is 0 Å². The van der Waals surface area contributed by atoms with Crippen molar-refractivity contribution < 1.29 is 13.9 Å². The highest BCUT2D eigenvalue weighted by Crippen LogP contribution is 2.25. The molecule has 0 aliphatic carbocycles. The number of ketones is 1. The number of ether oxygens (including phenoxy) is 1. The van der Waals surface area contributed by atoms with Crippen molar-refractivity contribution in [2.24, 2.45) is 0 Å². The van der Waals surface area contributed by atoms with Crippen LogP contribution in [0.4, 0.5) is 10.1 Å². The molecule has 0 unspecified atom stereocenters. The molecule has 20 heavy (non-hydrogen) atoms. The van der Waals surface area contributed by atoms with Gasteiger partial charge in [0.25, 0.3) is 0 Å². The highest BCUT2D eigenvalue weighted by atomic mass is 19.1. The second-order valence-electron chi connectivity index (χ2n) is 4.70. The molecule has 3 nitrogen and oxygen atoms in total. The Morgan fingerprint density at radius 1 is 1.15 bits per heavy atom. The summed E-state index contributed by atoms with van der Waals surface area (Å²) in [6, 6.07) is 7.64. The van der Waals surface area contributed by atoms with E-state index in [1.165, 1.54) is 12.1 Å². The molecule has 2 N–H and O–H groups in total. The van der Waals surface area contributed by atoms with E-state index in [2.05, 4.69) is 0 Å². The zero-order valence-corrected chi connectivity index (χ0v) is 11.7. The van der Waals surface area contributed by atoms with E-state index in [9.17, 15) is 9.18 Å². The van der Waals surface area contributed by atoms with E-state index in [4.69, 9.17) is 10.5 Å². The lowest BCUT2D eigenvalue weighted by Gasteiger charge is -2.11. The molecule has 104 valence electrons. The molecular weight excluding hydrogens is 257 g/mol. The van der Waals surface area contributed by atoms with Crippen LogP contribution in [0.1, 0.15) is 27.0 Å². The summed E-state index contributed by atoms with van der Waals surface area (Å²) in [5.74, 6) is -0.0894. The molecule has 0 heterocycles. The predicted octanol–water partition coefficient (Wildman–Crippen LogP) is 3.26. The quantitative estimate of drug-likeness (QED) is 0.689. The number of rotatable bonds is 3. The number of aryl methyl sites for hydroxylation is 2.